The Morgan fingerprint density at radius 3 is 2.16 bits per heavy atom. The number of nitrogens with one attached hydrogen (secondary N) is 1. The predicted octanol–water partition coefficient (Wildman–Crippen LogP) is 8.59. The fourth-order valence-electron chi connectivity index (χ4n) is 4.53. The van der Waals surface area contributed by atoms with Crippen LogP contribution in [-0.4, -0.2) is 42.8 Å². The first-order chi connectivity index (χ1) is 20.2. The summed E-state index contributed by atoms with van der Waals surface area (Å²) < 4.78 is 53.7. The van der Waals surface area contributed by atoms with E-state index >= 15 is 0 Å². The summed E-state index contributed by atoms with van der Waals surface area (Å²) in [4.78, 5) is 28.6. The van der Waals surface area contributed by atoms with Gasteiger partial charge in [-0.1, -0.05) is 71.4 Å². The van der Waals surface area contributed by atoms with Gasteiger partial charge in [-0.2, -0.15) is 13.2 Å². The number of benzene rings is 2. The molecule has 10 heteroatoms. The third-order valence-electron chi connectivity index (χ3n) is 6.52. The van der Waals surface area contributed by atoms with Gasteiger partial charge in [0.25, 0.3) is 5.91 Å². The average Bonchev–Trinajstić information content (AvgIpc) is 2.95. The van der Waals surface area contributed by atoms with E-state index in [0.29, 0.717) is 6.42 Å². The number of nitrogens with zero attached hydrogens (tertiary/aromatic N) is 2. The Hall–Kier alpha value is -3.43. The summed E-state index contributed by atoms with van der Waals surface area (Å²) in [7, 11) is 0. The number of fused-ring (bicyclic) bond motifs is 1. The number of alkyl halides is 3. The molecule has 242 valence electrons. The van der Waals surface area contributed by atoms with Crippen LogP contribution < -0.4 is 19.9 Å². The van der Waals surface area contributed by atoms with E-state index in [1.54, 1.807) is 4.90 Å². The van der Waals surface area contributed by atoms with Crippen LogP contribution in [0.25, 0.3) is 0 Å². The van der Waals surface area contributed by atoms with Crippen molar-refractivity contribution in [2.24, 2.45) is 0 Å². The van der Waals surface area contributed by atoms with E-state index in [1.807, 2.05) is 71.9 Å². The molecule has 3 rings (SSSR count). The molecular formula is C33H50F3N3O4. The van der Waals surface area contributed by atoms with Gasteiger partial charge in [0, 0.05) is 25.2 Å². The lowest BCUT2D eigenvalue weighted by Gasteiger charge is -2.41. The van der Waals surface area contributed by atoms with E-state index in [2.05, 4.69) is 19.2 Å². The highest BCUT2D eigenvalue weighted by Crippen LogP contribution is 2.47. The molecule has 43 heavy (non-hydrogen) atoms. The monoisotopic (exact) mass is 609 g/mol. The molecule has 2 aromatic rings. The van der Waals surface area contributed by atoms with Crippen molar-refractivity contribution < 1.29 is 32.2 Å². The van der Waals surface area contributed by atoms with Gasteiger partial charge in [-0.05, 0) is 58.7 Å². The maximum Gasteiger partial charge on any atom is 0.418 e. The zero-order chi connectivity index (χ0) is 33.0. The minimum atomic E-state index is -4.63. The summed E-state index contributed by atoms with van der Waals surface area (Å²) in [5.74, 6) is -0.458. The van der Waals surface area contributed by atoms with Crippen LogP contribution in [0.3, 0.4) is 0 Å². The Bertz CT molecular complexity index is 1150. The van der Waals surface area contributed by atoms with Gasteiger partial charge in [-0.15, -0.1) is 0 Å². The van der Waals surface area contributed by atoms with Crippen molar-refractivity contribution in [3.05, 3.63) is 53.6 Å². The molecule has 1 N–H and O–H groups in total. The molecule has 2 aromatic carbocycles. The molecule has 1 aliphatic rings. The van der Waals surface area contributed by atoms with Gasteiger partial charge in [0.1, 0.15) is 12.4 Å². The summed E-state index contributed by atoms with van der Waals surface area (Å²) in [6.45, 7) is 18.9. The highest BCUT2D eigenvalue weighted by Gasteiger charge is 2.44. The molecule has 0 saturated carbocycles. The van der Waals surface area contributed by atoms with Crippen LogP contribution in [0.15, 0.2) is 42.5 Å². The van der Waals surface area contributed by atoms with Crippen LogP contribution in [-0.2, 0) is 22.3 Å². The van der Waals surface area contributed by atoms with E-state index in [4.69, 9.17) is 9.47 Å². The molecular weight excluding hydrogens is 559 g/mol. The van der Waals surface area contributed by atoms with Crippen molar-refractivity contribution in [2.75, 3.05) is 22.9 Å². The summed E-state index contributed by atoms with van der Waals surface area (Å²) in [6, 6.07) is 11.1. The Kier molecular flexibility index (Phi) is 14.9. The van der Waals surface area contributed by atoms with E-state index in [1.165, 1.54) is 31.2 Å². The number of hydrogen-bond acceptors (Lipinski definition) is 5. The molecule has 1 heterocycles. The van der Waals surface area contributed by atoms with Gasteiger partial charge in [0.15, 0.2) is 5.60 Å². The second kappa shape index (κ2) is 17.0. The fourth-order valence-corrected chi connectivity index (χ4v) is 4.53. The number of carbonyl (C=O) groups excluding carboxylic acids is 2. The Morgan fingerprint density at radius 1 is 1.07 bits per heavy atom. The molecule has 0 aromatic heterocycles. The zero-order valence-electron chi connectivity index (χ0n) is 27.4. The minimum Gasteiger partial charge on any atom is -0.476 e. The molecule has 7 nitrogen and oxygen atoms in total. The number of halogens is 3. The Labute approximate surface area is 255 Å². The molecule has 0 aliphatic carbocycles. The van der Waals surface area contributed by atoms with Crippen LogP contribution in [0.4, 0.5) is 29.3 Å². The number of alkyl carbamates (subject to hydrolysis) is 1. The lowest BCUT2D eigenvalue weighted by atomic mass is 9.99. The summed E-state index contributed by atoms with van der Waals surface area (Å²) >= 11 is 0. The quantitative estimate of drug-likeness (QED) is 0.308. The molecule has 1 aliphatic heterocycles. The van der Waals surface area contributed by atoms with Crippen molar-refractivity contribution in [1.82, 2.24) is 5.32 Å². The largest absolute Gasteiger partial charge is 0.476 e. The third kappa shape index (κ3) is 10.4. The molecule has 2 amide bonds. The number of hydrogen-bond donors (Lipinski definition) is 1. The van der Waals surface area contributed by atoms with Crippen molar-refractivity contribution in [1.29, 1.82) is 0 Å². The normalized spacial score (nSPS) is 14.3. The highest BCUT2D eigenvalue weighted by atomic mass is 19.4. The predicted molar refractivity (Wildman–Crippen MR) is 168 cm³/mol. The molecule has 0 fully saturated rings. The van der Waals surface area contributed by atoms with E-state index < -0.39 is 29.3 Å². The van der Waals surface area contributed by atoms with E-state index in [0.717, 1.165) is 11.6 Å². The van der Waals surface area contributed by atoms with Crippen LogP contribution in [0.5, 0.6) is 5.75 Å². The Balaban J connectivity index is 0.00000174. The number of ether oxygens (including phenoxy) is 2. The highest BCUT2D eigenvalue weighted by molar-refractivity contribution is 6.03. The van der Waals surface area contributed by atoms with Gasteiger partial charge >= 0.3 is 12.3 Å². The average molecular weight is 610 g/mol. The molecule has 0 radical (unpaired) electrons. The van der Waals surface area contributed by atoms with Crippen LogP contribution in [0.1, 0.15) is 93.2 Å². The second-order valence-electron chi connectivity index (χ2n) is 10.9. The van der Waals surface area contributed by atoms with Gasteiger partial charge in [-0.3, -0.25) is 4.79 Å². The maximum atomic E-state index is 14.2. The first-order valence-corrected chi connectivity index (χ1v) is 15.2. The minimum absolute atomic E-state index is 0.0167. The smallest absolute Gasteiger partial charge is 0.418 e. The van der Waals surface area contributed by atoms with Gasteiger partial charge < -0.3 is 24.6 Å². The molecule has 0 saturated heterocycles. The van der Waals surface area contributed by atoms with Gasteiger partial charge in [-0.25, -0.2) is 4.79 Å². The van der Waals surface area contributed by atoms with Crippen molar-refractivity contribution in [3.63, 3.8) is 0 Å². The number of rotatable bonds is 9. The van der Waals surface area contributed by atoms with Crippen molar-refractivity contribution in [2.45, 2.75) is 113 Å². The Morgan fingerprint density at radius 2 is 1.65 bits per heavy atom. The zero-order valence-corrected chi connectivity index (χ0v) is 27.4. The summed E-state index contributed by atoms with van der Waals surface area (Å²) in [6.07, 6.45) is -3.41. The topological polar surface area (TPSA) is 71.1 Å². The van der Waals surface area contributed by atoms with E-state index in [9.17, 15) is 22.8 Å². The lowest BCUT2D eigenvalue weighted by Crippen LogP contribution is -2.54. The van der Waals surface area contributed by atoms with Crippen molar-refractivity contribution in [3.8, 4) is 5.75 Å². The number of carbonyl (C=O) groups is 2. The molecule has 0 unspecified atom stereocenters. The van der Waals surface area contributed by atoms with E-state index in [-0.39, 0.29) is 48.9 Å². The SMILES string of the molecule is CC.CCC.CC[C@@H](C)N(c1cc2c(cc1C(F)(F)F)OC(C)(C)C(=O)N2CCNC(=O)OCc1ccccc1)C(C)C. The van der Waals surface area contributed by atoms with Crippen molar-refractivity contribution >= 4 is 23.4 Å². The van der Waals surface area contributed by atoms with Gasteiger partial charge in [0.05, 0.1) is 16.9 Å². The second-order valence-corrected chi connectivity index (χ2v) is 10.9. The molecule has 0 bridgehead atoms. The maximum absolute atomic E-state index is 14.2. The van der Waals surface area contributed by atoms with Crippen LogP contribution in [0.2, 0.25) is 0 Å². The third-order valence-corrected chi connectivity index (χ3v) is 6.52. The van der Waals surface area contributed by atoms with Crippen LogP contribution in [0, 0.1) is 0 Å². The van der Waals surface area contributed by atoms with Crippen LogP contribution >= 0.6 is 0 Å². The first kappa shape index (κ1) is 37.6. The summed E-state index contributed by atoms with van der Waals surface area (Å²) in [5.41, 5.74) is -1.18. The fraction of sp³-hybridized carbons (Fsp3) is 0.576. The number of anilines is 2. The standard InChI is InChI=1S/C28H36F3N3O4.C3H8.C2H6/c1-7-19(4)34(18(2)3)22-16-23-24(15-21(22)28(29,30)31)38-27(5,6)25(35)33(23)14-13-32-26(36)37-17-20-11-9-8-10-12-20;1-3-2;1-2/h8-12,15-16,18-19H,7,13-14,17H2,1-6H3,(H,32,36);3H2,1-2H3;1-2H3/t19-;;/m1../s1. The first-order valence-electron chi connectivity index (χ1n) is 15.2. The lowest BCUT2D eigenvalue weighted by molar-refractivity contribution is -0.137. The molecule has 1 atom stereocenters. The van der Waals surface area contributed by atoms with Gasteiger partial charge in [0.2, 0.25) is 0 Å². The molecule has 0 spiro atoms. The number of amides is 2. The summed E-state index contributed by atoms with van der Waals surface area (Å²) in [5, 5.41) is 2.61.